The Balaban J connectivity index is 1.53. The number of rotatable bonds is 9. The minimum atomic E-state index is -0.732. The second-order valence-electron chi connectivity index (χ2n) is 7.04. The molecular weight excluding hydrogens is 444 g/mol. The number of carbonyl (C=O) groups excluding carboxylic acids is 3. The molecule has 1 unspecified atom stereocenters. The van der Waals surface area contributed by atoms with E-state index in [1.165, 1.54) is 7.11 Å². The highest BCUT2D eigenvalue weighted by molar-refractivity contribution is 6.30. The Bertz CT molecular complexity index is 1100. The van der Waals surface area contributed by atoms with Crippen LogP contribution in [0.15, 0.2) is 78.9 Å². The number of hydrogen-bond acceptors (Lipinski definition) is 5. The molecule has 0 radical (unpaired) electrons. The maximum absolute atomic E-state index is 12.5. The molecule has 0 heterocycles. The summed E-state index contributed by atoms with van der Waals surface area (Å²) in [6, 6.07) is 22.6. The van der Waals surface area contributed by atoms with Gasteiger partial charge in [0.25, 0.3) is 11.8 Å². The van der Waals surface area contributed by atoms with E-state index in [0.29, 0.717) is 16.3 Å². The molecule has 33 heavy (non-hydrogen) atoms. The average molecular weight is 467 g/mol. The van der Waals surface area contributed by atoms with Crippen LogP contribution in [0, 0.1) is 0 Å². The molecule has 0 aliphatic heterocycles. The zero-order valence-electron chi connectivity index (χ0n) is 17.9. The lowest BCUT2D eigenvalue weighted by molar-refractivity contribution is -0.147. The summed E-state index contributed by atoms with van der Waals surface area (Å²) in [6.45, 7) is -0.854. The van der Waals surface area contributed by atoms with Crippen molar-refractivity contribution >= 4 is 29.4 Å². The van der Waals surface area contributed by atoms with E-state index in [-0.39, 0.29) is 6.54 Å². The van der Waals surface area contributed by atoms with E-state index in [2.05, 4.69) is 10.6 Å². The van der Waals surface area contributed by atoms with Crippen LogP contribution < -0.4 is 15.4 Å². The molecule has 3 aromatic carbocycles. The Morgan fingerprint density at radius 2 is 1.61 bits per heavy atom. The van der Waals surface area contributed by atoms with Crippen molar-refractivity contribution in [2.75, 3.05) is 20.3 Å². The highest BCUT2D eigenvalue weighted by Gasteiger charge is 2.18. The van der Waals surface area contributed by atoms with Gasteiger partial charge in [0.1, 0.15) is 12.3 Å². The van der Waals surface area contributed by atoms with Gasteiger partial charge in [-0.1, -0.05) is 60.1 Å². The van der Waals surface area contributed by atoms with Crippen LogP contribution in [0.3, 0.4) is 0 Å². The van der Waals surface area contributed by atoms with Crippen LogP contribution in [0.1, 0.15) is 27.5 Å². The van der Waals surface area contributed by atoms with Crippen LogP contribution in [-0.2, 0) is 14.3 Å². The third kappa shape index (κ3) is 7.08. The molecule has 7 nitrogen and oxygen atoms in total. The zero-order chi connectivity index (χ0) is 23.6. The largest absolute Gasteiger partial charge is 0.497 e. The van der Waals surface area contributed by atoms with Crippen LogP contribution in [-0.4, -0.2) is 38.0 Å². The minimum Gasteiger partial charge on any atom is -0.497 e. The number of esters is 1. The third-order valence-electron chi connectivity index (χ3n) is 4.73. The highest BCUT2D eigenvalue weighted by atomic mass is 35.5. The predicted molar refractivity (Wildman–Crippen MR) is 124 cm³/mol. The standard InChI is InChI=1S/C25H23ClN2O5/c1-32-21-9-5-8-19(14-21)25(31)27-15-23(30)33-16-22(29)28-24(17-6-3-2-4-7-17)18-10-12-20(26)13-11-18/h2-14,24H,15-16H2,1H3,(H,27,31)(H,28,29). The van der Waals surface area contributed by atoms with Gasteiger partial charge in [0.2, 0.25) is 0 Å². The fraction of sp³-hybridized carbons (Fsp3) is 0.160. The van der Waals surface area contributed by atoms with Crippen molar-refractivity contribution < 1.29 is 23.9 Å². The first-order valence-corrected chi connectivity index (χ1v) is 10.5. The number of benzene rings is 3. The van der Waals surface area contributed by atoms with Crippen molar-refractivity contribution in [2.24, 2.45) is 0 Å². The maximum Gasteiger partial charge on any atom is 0.325 e. The van der Waals surface area contributed by atoms with E-state index in [4.69, 9.17) is 21.1 Å². The van der Waals surface area contributed by atoms with Gasteiger partial charge in [-0.15, -0.1) is 0 Å². The second kappa shape index (κ2) is 11.7. The van der Waals surface area contributed by atoms with E-state index >= 15 is 0 Å². The summed E-state index contributed by atoms with van der Waals surface area (Å²) >= 11 is 5.98. The second-order valence-corrected chi connectivity index (χ2v) is 7.47. The first kappa shape index (κ1) is 23.8. The lowest BCUT2D eigenvalue weighted by atomic mass is 9.99. The molecule has 1 atom stereocenters. The van der Waals surface area contributed by atoms with Crippen molar-refractivity contribution in [1.29, 1.82) is 0 Å². The van der Waals surface area contributed by atoms with Gasteiger partial charge in [-0.05, 0) is 41.5 Å². The van der Waals surface area contributed by atoms with Crippen molar-refractivity contribution in [3.8, 4) is 5.75 Å². The Morgan fingerprint density at radius 3 is 2.30 bits per heavy atom. The quantitative estimate of drug-likeness (QED) is 0.470. The Kier molecular flexibility index (Phi) is 8.43. The molecule has 2 amide bonds. The smallest absolute Gasteiger partial charge is 0.325 e. The van der Waals surface area contributed by atoms with Gasteiger partial charge in [0, 0.05) is 10.6 Å². The van der Waals surface area contributed by atoms with Gasteiger partial charge in [0.05, 0.1) is 13.2 Å². The lowest BCUT2D eigenvalue weighted by Gasteiger charge is -2.20. The summed E-state index contributed by atoms with van der Waals surface area (Å²) < 4.78 is 10.1. The monoisotopic (exact) mass is 466 g/mol. The molecule has 2 N–H and O–H groups in total. The Labute approximate surface area is 196 Å². The normalized spacial score (nSPS) is 11.2. The molecule has 0 saturated carbocycles. The summed E-state index contributed by atoms with van der Waals surface area (Å²) in [7, 11) is 1.49. The van der Waals surface area contributed by atoms with Gasteiger partial charge in [0.15, 0.2) is 6.61 Å². The molecule has 0 saturated heterocycles. The zero-order valence-corrected chi connectivity index (χ0v) is 18.7. The highest BCUT2D eigenvalue weighted by Crippen LogP contribution is 2.23. The number of hydrogen-bond donors (Lipinski definition) is 2. The maximum atomic E-state index is 12.5. The number of carbonyl (C=O) groups is 3. The third-order valence-corrected chi connectivity index (χ3v) is 4.98. The Morgan fingerprint density at radius 1 is 0.909 bits per heavy atom. The molecule has 3 rings (SSSR count). The van der Waals surface area contributed by atoms with Crippen LogP contribution in [0.2, 0.25) is 5.02 Å². The van der Waals surface area contributed by atoms with Crippen molar-refractivity contribution in [3.05, 3.63) is 101 Å². The van der Waals surface area contributed by atoms with Crippen molar-refractivity contribution in [3.63, 3.8) is 0 Å². The summed E-state index contributed by atoms with van der Waals surface area (Å²) in [5, 5.41) is 5.91. The molecule has 170 valence electrons. The van der Waals surface area contributed by atoms with E-state index in [9.17, 15) is 14.4 Å². The predicted octanol–water partition coefficient (Wildman–Crippen LogP) is 3.53. The average Bonchev–Trinajstić information content (AvgIpc) is 2.85. The van der Waals surface area contributed by atoms with Crippen LogP contribution in [0.4, 0.5) is 0 Å². The molecule has 0 aromatic heterocycles. The Hall–Kier alpha value is -3.84. The summed E-state index contributed by atoms with van der Waals surface area (Å²) in [6.07, 6.45) is 0. The van der Waals surface area contributed by atoms with Gasteiger partial charge in [-0.3, -0.25) is 14.4 Å². The van der Waals surface area contributed by atoms with E-state index in [0.717, 1.165) is 11.1 Å². The molecule has 0 fully saturated rings. The van der Waals surface area contributed by atoms with Gasteiger partial charge in [-0.25, -0.2) is 0 Å². The number of methoxy groups -OCH3 is 1. The number of nitrogens with one attached hydrogen (secondary N) is 2. The molecule has 0 aliphatic carbocycles. The van der Waals surface area contributed by atoms with Crippen molar-refractivity contribution in [2.45, 2.75) is 6.04 Å². The molecule has 0 bridgehead atoms. The summed E-state index contributed by atoms with van der Waals surface area (Å²) in [5.41, 5.74) is 2.04. The van der Waals surface area contributed by atoms with Gasteiger partial charge in [-0.2, -0.15) is 0 Å². The summed E-state index contributed by atoms with van der Waals surface area (Å²) in [4.78, 5) is 36.7. The molecule has 8 heteroatoms. The molecular formula is C25H23ClN2O5. The fourth-order valence-electron chi connectivity index (χ4n) is 3.08. The first-order valence-electron chi connectivity index (χ1n) is 10.1. The van der Waals surface area contributed by atoms with Gasteiger partial charge < -0.3 is 20.1 Å². The van der Waals surface area contributed by atoms with Crippen LogP contribution in [0.5, 0.6) is 5.75 Å². The molecule has 0 spiro atoms. The van der Waals surface area contributed by atoms with Crippen LogP contribution >= 0.6 is 11.6 Å². The number of ether oxygens (including phenoxy) is 2. The lowest BCUT2D eigenvalue weighted by Crippen LogP contribution is -2.35. The van der Waals surface area contributed by atoms with E-state index < -0.39 is 30.4 Å². The SMILES string of the molecule is COc1cccc(C(=O)NCC(=O)OCC(=O)NC(c2ccccc2)c2ccc(Cl)cc2)c1. The molecule has 3 aromatic rings. The fourth-order valence-corrected chi connectivity index (χ4v) is 3.20. The van der Waals surface area contributed by atoms with E-state index in [1.807, 2.05) is 42.5 Å². The first-order chi connectivity index (χ1) is 16.0. The molecule has 0 aliphatic rings. The van der Waals surface area contributed by atoms with Crippen molar-refractivity contribution in [1.82, 2.24) is 10.6 Å². The van der Waals surface area contributed by atoms with Gasteiger partial charge >= 0.3 is 5.97 Å². The number of halogens is 1. The number of amides is 2. The minimum absolute atomic E-state index is 0.341. The topological polar surface area (TPSA) is 93.7 Å². The van der Waals surface area contributed by atoms with E-state index in [1.54, 1.807) is 36.4 Å². The van der Waals surface area contributed by atoms with Crippen LogP contribution in [0.25, 0.3) is 0 Å². The summed E-state index contributed by atoms with van der Waals surface area (Å²) in [5.74, 6) is -1.15.